The summed E-state index contributed by atoms with van der Waals surface area (Å²) in [6, 6.07) is 1.52. The Kier molecular flexibility index (Phi) is 4.11. The molecule has 1 aliphatic heterocycles. The third-order valence-corrected chi connectivity index (χ3v) is 4.71. The SMILES string of the molecule is CNC(C)C(C)(C)CN1CCN(C2CC2)CC1. The highest BCUT2D eigenvalue weighted by Gasteiger charge is 2.33. The number of hydrogen-bond donors (Lipinski definition) is 1. The van der Waals surface area contributed by atoms with Crippen LogP contribution in [0.15, 0.2) is 0 Å². The lowest BCUT2D eigenvalue weighted by Crippen LogP contribution is -2.52. The van der Waals surface area contributed by atoms with Gasteiger partial charge in [0.05, 0.1) is 0 Å². The number of hydrogen-bond acceptors (Lipinski definition) is 3. The molecule has 0 aromatic rings. The summed E-state index contributed by atoms with van der Waals surface area (Å²) in [6.07, 6.45) is 2.89. The van der Waals surface area contributed by atoms with E-state index in [1.54, 1.807) is 0 Å². The number of rotatable bonds is 5. The second kappa shape index (κ2) is 5.25. The molecule has 100 valence electrons. The Balaban J connectivity index is 1.76. The largest absolute Gasteiger partial charge is 0.317 e. The van der Waals surface area contributed by atoms with Gasteiger partial charge in [0.25, 0.3) is 0 Å². The Morgan fingerprint density at radius 3 is 2.24 bits per heavy atom. The van der Waals surface area contributed by atoms with Gasteiger partial charge in [0, 0.05) is 44.8 Å². The summed E-state index contributed by atoms with van der Waals surface area (Å²) in [7, 11) is 2.07. The Morgan fingerprint density at radius 2 is 1.76 bits per heavy atom. The zero-order valence-electron chi connectivity index (χ0n) is 12.0. The highest BCUT2D eigenvalue weighted by atomic mass is 15.3. The van der Waals surface area contributed by atoms with Gasteiger partial charge in [-0.3, -0.25) is 4.90 Å². The number of nitrogens with zero attached hydrogens (tertiary/aromatic N) is 2. The van der Waals surface area contributed by atoms with Crippen LogP contribution >= 0.6 is 0 Å². The fraction of sp³-hybridized carbons (Fsp3) is 1.00. The van der Waals surface area contributed by atoms with Crippen molar-refractivity contribution in [1.82, 2.24) is 15.1 Å². The van der Waals surface area contributed by atoms with Gasteiger partial charge in [-0.2, -0.15) is 0 Å². The maximum Gasteiger partial charge on any atom is 0.0113 e. The van der Waals surface area contributed by atoms with Crippen molar-refractivity contribution in [2.24, 2.45) is 5.41 Å². The summed E-state index contributed by atoms with van der Waals surface area (Å²) in [4.78, 5) is 5.33. The van der Waals surface area contributed by atoms with Crippen molar-refractivity contribution in [2.75, 3.05) is 39.8 Å². The van der Waals surface area contributed by atoms with Crippen LogP contribution in [-0.4, -0.2) is 61.7 Å². The molecular formula is C14H29N3. The molecule has 2 rings (SSSR count). The summed E-state index contributed by atoms with van der Waals surface area (Å²) < 4.78 is 0. The summed E-state index contributed by atoms with van der Waals surface area (Å²) in [6.45, 7) is 13.4. The molecule has 0 spiro atoms. The molecule has 1 aliphatic carbocycles. The zero-order valence-corrected chi connectivity index (χ0v) is 12.0. The zero-order chi connectivity index (χ0) is 12.5. The van der Waals surface area contributed by atoms with E-state index >= 15 is 0 Å². The van der Waals surface area contributed by atoms with Crippen molar-refractivity contribution >= 4 is 0 Å². The molecule has 1 heterocycles. The molecule has 1 N–H and O–H groups in total. The van der Waals surface area contributed by atoms with Gasteiger partial charge in [-0.15, -0.1) is 0 Å². The van der Waals surface area contributed by atoms with Gasteiger partial charge < -0.3 is 10.2 Å². The van der Waals surface area contributed by atoms with Gasteiger partial charge in [0.1, 0.15) is 0 Å². The van der Waals surface area contributed by atoms with Crippen molar-refractivity contribution in [2.45, 2.75) is 45.7 Å². The lowest BCUT2D eigenvalue weighted by atomic mass is 9.84. The Labute approximate surface area is 107 Å². The molecular weight excluding hydrogens is 210 g/mol. The lowest BCUT2D eigenvalue weighted by molar-refractivity contribution is 0.0810. The van der Waals surface area contributed by atoms with Gasteiger partial charge in [-0.1, -0.05) is 13.8 Å². The topological polar surface area (TPSA) is 18.5 Å². The van der Waals surface area contributed by atoms with Crippen molar-refractivity contribution in [1.29, 1.82) is 0 Å². The normalized spacial score (nSPS) is 26.1. The molecule has 3 nitrogen and oxygen atoms in total. The van der Waals surface area contributed by atoms with Crippen molar-refractivity contribution in [3.05, 3.63) is 0 Å². The van der Waals surface area contributed by atoms with Crippen molar-refractivity contribution in [3.63, 3.8) is 0 Å². The average Bonchev–Trinajstić information content (AvgIpc) is 3.12. The molecule has 1 saturated heterocycles. The highest BCUT2D eigenvalue weighted by Crippen LogP contribution is 2.28. The maximum atomic E-state index is 3.39. The summed E-state index contributed by atoms with van der Waals surface area (Å²) in [5.41, 5.74) is 0.358. The first kappa shape index (κ1) is 13.3. The van der Waals surface area contributed by atoms with E-state index in [1.165, 1.54) is 45.6 Å². The monoisotopic (exact) mass is 239 g/mol. The van der Waals surface area contributed by atoms with Crippen LogP contribution in [0.25, 0.3) is 0 Å². The highest BCUT2D eigenvalue weighted by molar-refractivity contribution is 4.89. The molecule has 0 amide bonds. The third kappa shape index (κ3) is 3.43. The van der Waals surface area contributed by atoms with E-state index in [-0.39, 0.29) is 0 Å². The second-order valence-corrected chi connectivity index (χ2v) is 6.54. The van der Waals surface area contributed by atoms with Gasteiger partial charge in [0.15, 0.2) is 0 Å². The van der Waals surface area contributed by atoms with Crippen LogP contribution in [0, 0.1) is 5.41 Å². The third-order valence-electron chi connectivity index (χ3n) is 4.71. The maximum absolute atomic E-state index is 3.39. The molecule has 1 atom stereocenters. The average molecular weight is 239 g/mol. The van der Waals surface area contributed by atoms with Crippen LogP contribution in [0.1, 0.15) is 33.6 Å². The predicted molar refractivity (Wildman–Crippen MR) is 73.3 cm³/mol. The fourth-order valence-corrected chi connectivity index (χ4v) is 2.83. The molecule has 0 aromatic carbocycles. The van der Waals surface area contributed by atoms with E-state index in [9.17, 15) is 0 Å². The van der Waals surface area contributed by atoms with E-state index in [1.807, 2.05) is 0 Å². The Morgan fingerprint density at radius 1 is 1.18 bits per heavy atom. The minimum absolute atomic E-state index is 0.358. The van der Waals surface area contributed by atoms with Gasteiger partial charge in [0.2, 0.25) is 0 Å². The standard InChI is InChI=1S/C14H29N3/c1-12(15-4)14(2,3)11-16-7-9-17(10-8-16)13-5-6-13/h12-13,15H,5-11H2,1-4H3. The quantitative estimate of drug-likeness (QED) is 0.782. The first-order valence-corrected chi connectivity index (χ1v) is 7.16. The van der Waals surface area contributed by atoms with Crippen LogP contribution in [0.5, 0.6) is 0 Å². The minimum Gasteiger partial charge on any atom is -0.317 e. The summed E-state index contributed by atoms with van der Waals surface area (Å²) in [5.74, 6) is 0. The van der Waals surface area contributed by atoms with Crippen molar-refractivity contribution < 1.29 is 0 Å². The first-order valence-electron chi connectivity index (χ1n) is 7.16. The summed E-state index contributed by atoms with van der Waals surface area (Å²) >= 11 is 0. The molecule has 0 bridgehead atoms. The molecule has 1 unspecified atom stereocenters. The van der Waals surface area contributed by atoms with E-state index in [4.69, 9.17) is 0 Å². The van der Waals surface area contributed by atoms with E-state index in [2.05, 4.69) is 42.9 Å². The van der Waals surface area contributed by atoms with E-state index in [0.29, 0.717) is 11.5 Å². The molecule has 1 saturated carbocycles. The smallest absolute Gasteiger partial charge is 0.0113 e. The molecule has 2 aliphatic rings. The lowest BCUT2D eigenvalue weighted by Gasteiger charge is -2.41. The van der Waals surface area contributed by atoms with Gasteiger partial charge in [-0.05, 0) is 32.2 Å². The van der Waals surface area contributed by atoms with Gasteiger partial charge >= 0.3 is 0 Å². The summed E-state index contributed by atoms with van der Waals surface area (Å²) in [5, 5.41) is 3.39. The number of piperazine rings is 1. The molecule has 2 fully saturated rings. The number of nitrogens with one attached hydrogen (secondary N) is 1. The molecule has 17 heavy (non-hydrogen) atoms. The Bertz CT molecular complexity index is 240. The van der Waals surface area contributed by atoms with E-state index in [0.717, 1.165) is 6.04 Å². The molecule has 3 heteroatoms. The van der Waals surface area contributed by atoms with Crippen molar-refractivity contribution in [3.8, 4) is 0 Å². The van der Waals surface area contributed by atoms with Crippen LogP contribution in [0.2, 0.25) is 0 Å². The predicted octanol–water partition coefficient (Wildman–Crippen LogP) is 1.40. The van der Waals surface area contributed by atoms with Crippen LogP contribution in [-0.2, 0) is 0 Å². The van der Waals surface area contributed by atoms with Crippen LogP contribution in [0.4, 0.5) is 0 Å². The molecule has 0 radical (unpaired) electrons. The minimum atomic E-state index is 0.358. The molecule has 0 aromatic heterocycles. The second-order valence-electron chi connectivity index (χ2n) is 6.54. The van der Waals surface area contributed by atoms with E-state index < -0.39 is 0 Å². The fourth-order valence-electron chi connectivity index (χ4n) is 2.83. The van der Waals surface area contributed by atoms with Crippen LogP contribution in [0.3, 0.4) is 0 Å². The van der Waals surface area contributed by atoms with Crippen LogP contribution < -0.4 is 5.32 Å². The Hall–Kier alpha value is -0.120. The van der Waals surface area contributed by atoms with Gasteiger partial charge in [-0.25, -0.2) is 0 Å². The first-order chi connectivity index (χ1) is 8.03.